The van der Waals surface area contributed by atoms with E-state index in [-0.39, 0.29) is 28.1 Å². The molecule has 1 aromatic rings. The third kappa shape index (κ3) is 3.83. The van der Waals surface area contributed by atoms with Gasteiger partial charge in [-0.05, 0) is 12.1 Å². The second-order valence-corrected chi connectivity index (χ2v) is 4.72. The number of carbonyl (C=O) groups is 1. The summed E-state index contributed by atoms with van der Waals surface area (Å²) in [6, 6.07) is 3.19. The summed E-state index contributed by atoms with van der Waals surface area (Å²) in [5.74, 6) is -0.0994. The number of rotatable bonds is 3. The van der Waals surface area contributed by atoms with Gasteiger partial charge in [0.25, 0.3) is 0 Å². The summed E-state index contributed by atoms with van der Waals surface area (Å²) in [5.41, 5.74) is 0. The third-order valence-corrected chi connectivity index (χ3v) is 2.69. The van der Waals surface area contributed by atoms with Crippen molar-refractivity contribution in [3.8, 4) is 5.75 Å². The van der Waals surface area contributed by atoms with Crippen molar-refractivity contribution in [1.82, 2.24) is 0 Å². The Balaban J connectivity index is 2.90. The molecule has 15 heavy (non-hydrogen) atoms. The molecule has 0 N–H and O–H groups in total. The quantitative estimate of drug-likeness (QED) is 0.469. The van der Waals surface area contributed by atoms with Crippen LogP contribution in [-0.2, 0) is 4.79 Å². The molecule has 0 saturated heterocycles. The van der Waals surface area contributed by atoms with Crippen LogP contribution in [0.4, 0.5) is 0 Å². The van der Waals surface area contributed by atoms with Gasteiger partial charge in [0.15, 0.2) is 5.75 Å². The van der Waals surface area contributed by atoms with Gasteiger partial charge in [-0.15, -0.1) is 11.6 Å². The highest BCUT2D eigenvalue weighted by atomic mass is 79.9. The minimum atomic E-state index is -0.462. The zero-order valence-electron chi connectivity index (χ0n) is 7.40. The van der Waals surface area contributed by atoms with E-state index in [4.69, 9.17) is 39.5 Å². The predicted molar refractivity (Wildman–Crippen MR) is 65.1 cm³/mol. The number of hydrogen-bond acceptors (Lipinski definition) is 2. The molecular formula is C9H6BrCl3O2. The van der Waals surface area contributed by atoms with Crippen LogP contribution in [0.2, 0.25) is 10.0 Å². The molecule has 0 aliphatic carbocycles. The van der Waals surface area contributed by atoms with Crippen LogP contribution in [0.5, 0.6) is 5.75 Å². The maximum Gasteiger partial charge on any atom is 0.312 e. The molecule has 0 aromatic heterocycles. The lowest BCUT2D eigenvalue weighted by molar-refractivity contribution is -0.133. The number of benzene rings is 1. The number of ether oxygens (including phenoxy) is 1. The Morgan fingerprint density at radius 3 is 2.33 bits per heavy atom. The average molecular weight is 332 g/mol. The first-order valence-corrected chi connectivity index (χ1v) is 6.04. The summed E-state index contributed by atoms with van der Waals surface area (Å²) < 4.78 is 5.68. The van der Waals surface area contributed by atoms with Gasteiger partial charge in [0.1, 0.15) is 0 Å². The van der Waals surface area contributed by atoms with Crippen LogP contribution in [0.1, 0.15) is 6.42 Å². The molecule has 0 amide bonds. The SMILES string of the molecule is O=C(CCCl)Oc1c(Cl)cc(Br)cc1Cl. The van der Waals surface area contributed by atoms with Gasteiger partial charge in [-0.25, -0.2) is 0 Å². The highest BCUT2D eigenvalue weighted by Gasteiger charge is 2.12. The molecule has 6 heteroatoms. The monoisotopic (exact) mass is 330 g/mol. The van der Waals surface area contributed by atoms with E-state index in [1.54, 1.807) is 12.1 Å². The first-order valence-electron chi connectivity index (χ1n) is 3.95. The topological polar surface area (TPSA) is 26.3 Å². The van der Waals surface area contributed by atoms with Crippen LogP contribution >= 0.6 is 50.7 Å². The zero-order chi connectivity index (χ0) is 11.4. The van der Waals surface area contributed by atoms with Crippen LogP contribution < -0.4 is 4.74 Å². The Labute approximate surface area is 111 Å². The summed E-state index contributed by atoms with van der Waals surface area (Å²) in [4.78, 5) is 11.2. The van der Waals surface area contributed by atoms with E-state index in [0.717, 1.165) is 4.47 Å². The molecule has 0 aliphatic rings. The molecule has 0 unspecified atom stereocenters. The summed E-state index contributed by atoms with van der Waals surface area (Å²) >= 11 is 20.3. The minimum Gasteiger partial charge on any atom is -0.423 e. The highest BCUT2D eigenvalue weighted by Crippen LogP contribution is 2.36. The molecule has 0 heterocycles. The molecule has 0 saturated carbocycles. The van der Waals surface area contributed by atoms with E-state index in [9.17, 15) is 4.79 Å². The Bertz CT molecular complexity index is 359. The molecule has 1 aromatic carbocycles. The van der Waals surface area contributed by atoms with Crippen molar-refractivity contribution >= 4 is 56.7 Å². The van der Waals surface area contributed by atoms with Crippen LogP contribution in [0.25, 0.3) is 0 Å². The van der Waals surface area contributed by atoms with Crippen LogP contribution in [0, 0.1) is 0 Å². The van der Waals surface area contributed by atoms with Crippen molar-refractivity contribution in [3.63, 3.8) is 0 Å². The number of halogens is 4. The molecular weight excluding hydrogens is 326 g/mol. The first-order chi connectivity index (χ1) is 7.04. The van der Waals surface area contributed by atoms with Gasteiger partial charge in [-0.1, -0.05) is 39.1 Å². The van der Waals surface area contributed by atoms with Crippen LogP contribution in [-0.4, -0.2) is 11.8 Å². The van der Waals surface area contributed by atoms with Gasteiger partial charge in [0, 0.05) is 10.4 Å². The molecule has 0 spiro atoms. The van der Waals surface area contributed by atoms with E-state index in [1.165, 1.54) is 0 Å². The van der Waals surface area contributed by atoms with Gasteiger partial charge < -0.3 is 4.74 Å². The Kier molecular flexibility index (Phi) is 5.19. The summed E-state index contributed by atoms with van der Waals surface area (Å²) in [7, 11) is 0. The fourth-order valence-electron chi connectivity index (χ4n) is 0.868. The Morgan fingerprint density at radius 2 is 1.87 bits per heavy atom. The lowest BCUT2D eigenvalue weighted by atomic mass is 10.3. The van der Waals surface area contributed by atoms with Gasteiger partial charge in [0.05, 0.1) is 16.5 Å². The van der Waals surface area contributed by atoms with E-state index in [2.05, 4.69) is 15.9 Å². The lowest BCUT2D eigenvalue weighted by Gasteiger charge is -2.07. The summed E-state index contributed by atoms with van der Waals surface area (Å²) in [6.07, 6.45) is 0.115. The largest absolute Gasteiger partial charge is 0.423 e. The molecule has 0 atom stereocenters. The maximum absolute atomic E-state index is 11.2. The number of carbonyl (C=O) groups excluding carboxylic acids is 1. The molecule has 1 rings (SSSR count). The normalized spacial score (nSPS) is 10.1. The van der Waals surface area contributed by atoms with Crippen molar-refractivity contribution in [3.05, 3.63) is 26.7 Å². The molecule has 2 nitrogen and oxygen atoms in total. The van der Waals surface area contributed by atoms with Crippen molar-refractivity contribution in [2.75, 3.05) is 5.88 Å². The number of esters is 1. The predicted octanol–water partition coefficient (Wildman–Crippen LogP) is 4.29. The summed E-state index contributed by atoms with van der Waals surface area (Å²) in [6.45, 7) is 0. The van der Waals surface area contributed by atoms with Crippen molar-refractivity contribution in [2.45, 2.75) is 6.42 Å². The smallest absolute Gasteiger partial charge is 0.312 e. The number of alkyl halides is 1. The zero-order valence-corrected chi connectivity index (χ0v) is 11.3. The van der Waals surface area contributed by atoms with Crippen molar-refractivity contribution in [1.29, 1.82) is 0 Å². The van der Waals surface area contributed by atoms with Gasteiger partial charge >= 0.3 is 5.97 Å². The first kappa shape index (κ1) is 13.1. The standard InChI is InChI=1S/C9H6BrCl3O2/c10-5-3-6(12)9(7(13)4-5)15-8(14)1-2-11/h3-4H,1-2H2. The minimum absolute atomic E-state index is 0.115. The van der Waals surface area contributed by atoms with E-state index in [1.807, 2.05) is 0 Å². The molecule has 0 bridgehead atoms. The van der Waals surface area contributed by atoms with E-state index >= 15 is 0 Å². The summed E-state index contributed by atoms with van der Waals surface area (Å²) in [5, 5.41) is 0.551. The van der Waals surface area contributed by atoms with Gasteiger partial charge in [0.2, 0.25) is 0 Å². The van der Waals surface area contributed by atoms with E-state index in [0.29, 0.717) is 0 Å². The Hall–Kier alpha value is 0.0400. The molecule has 0 aliphatic heterocycles. The fourth-order valence-corrected chi connectivity index (χ4v) is 2.31. The second-order valence-electron chi connectivity index (χ2n) is 2.61. The van der Waals surface area contributed by atoms with Crippen molar-refractivity contribution in [2.24, 2.45) is 0 Å². The van der Waals surface area contributed by atoms with E-state index < -0.39 is 5.97 Å². The van der Waals surface area contributed by atoms with Crippen LogP contribution in [0.3, 0.4) is 0 Å². The third-order valence-electron chi connectivity index (χ3n) is 1.48. The van der Waals surface area contributed by atoms with Gasteiger partial charge in [-0.2, -0.15) is 0 Å². The van der Waals surface area contributed by atoms with Crippen LogP contribution in [0.15, 0.2) is 16.6 Å². The fraction of sp³-hybridized carbons (Fsp3) is 0.222. The molecule has 0 radical (unpaired) electrons. The second kappa shape index (κ2) is 5.94. The Morgan fingerprint density at radius 1 is 1.33 bits per heavy atom. The maximum atomic E-state index is 11.2. The molecule has 0 fully saturated rings. The highest BCUT2D eigenvalue weighted by molar-refractivity contribution is 9.10. The lowest BCUT2D eigenvalue weighted by Crippen LogP contribution is -2.08. The average Bonchev–Trinajstić information content (AvgIpc) is 2.11. The number of hydrogen-bond donors (Lipinski definition) is 0. The van der Waals surface area contributed by atoms with Crippen molar-refractivity contribution < 1.29 is 9.53 Å². The molecule has 82 valence electrons. The van der Waals surface area contributed by atoms with Gasteiger partial charge in [-0.3, -0.25) is 4.79 Å².